The van der Waals surface area contributed by atoms with E-state index in [0.717, 1.165) is 50.4 Å². The Kier molecular flexibility index (Phi) is 3.66. The average molecular weight is 274 g/mol. The molecule has 0 atom stereocenters. The third-order valence-electron chi connectivity index (χ3n) is 3.65. The van der Waals surface area contributed by atoms with E-state index in [9.17, 15) is 4.79 Å². The number of ether oxygens (including phenoxy) is 1. The number of hydrogen-bond acceptors (Lipinski definition) is 4. The monoisotopic (exact) mass is 274 g/mol. The molecule has 1 amide bonds. The van der Waals surface area contributed by atoms with E-state index in [1.165, 1.54) is 6.20 Å². The number of rotatable bonds is 4. The SMILES string of the molecule is NC(=O)c1cnc2c(ccn2CCN2CCOCC2)c1. The normalized spacial score (nSPS) is 16.6. The first-order chi connectivity index (χ1) is 9.74. The molecule has 6 heteroatoms. The quantitative estimate of drug-likeness (QED) is 0.879. The molecule has 20 heavy (non-hydrogen) atoms. The van der Waals surface area contributed by atoms with Gasteiger partial charge in [-0.3, -0.25) is 9.69 Å². The maximum absolute atomic E-state index is 11.1. The van der Waals surface area contributed by atoms with Gasteiger partial charge >= 0.3 is 0 Å². The maximum Gasteiger partial charge on any atom is 0.250 e. The number of pyridine rings is 1. The molecule has 106 valence electrons. The molecule has 2 aromatic heterocycles. The molecule has 1 aliphatic rings. The number of hydrogen-bond donors (Lipinski definition) is 1. The zero-order valence-corrected chi connectivity index (χ0v) is 11.3. The highest BCUT2D eigenvalue weighted by Gasteiger charge is 2.11. The van der Waals surface area contributed by atoms with E-state index >= 15 is 0 Å². The molecule has 0 aromatic carbocycles. The summed E-state index contributed by atoms with van der Waals surface area (Å²) in [6.07, 6.45) is 3.54. The van der Waals surface area contributed by atoms with Crippen molar-refractivity contribution in [1.29, 1.82) is 0 Å². The fourth-order valence-electron chi connectivity index (χ4n) is 2.47. The Morgan fingerprint density at radius 1 is 1.35 bits per heavy atom. The van der Waals surface area contributed by atoms with E-state index in [-0.39, 0.29) is 0 Å². The number of aromatic nitrogens is 2. The van der Waals surface area contributed by atoms with Gasteiger partial charge in [-0.2, -0.15) is 0 Å². The Balaban J connectivity index is 1.73. The number of morpholine rings is 1. The number of fused-ring (bicyclic) bond motifs is 1. The molecule has 3 rings (SSSR count). The third kappa shape index (κ3) is 2.66. The predicted molar refractivity (Wildman–Crippen MR) is 75.5 cm³/mol. The average Bonchev–Trinajstić information content (AvgIpc) is 2.88. The highest BCUT2D eigenvalue weighted by Crippen LogP contribution is 2.15. The van der Waals surface area contributed by atoms with Gasteiger partial charge in [0.15, 0.2) is 0 Å². The van der Waals surface area contributed by atoms with Crippen LogP contribution in [0.15, 0.2) is 24.5 Å². The number of nitrogens with two attached hydrogens (primary N) is 1. The molecule has 0 bridgehead atoms. The Morgan fingerprint density at radius 2 is 2.15 bits per heavy atom. The number of carbonyl (C=O) groups is 1. The maximum atomic E-state index is 11.1. The summed E-state index contributed by atoms with van der Waals surface area (Å²) in [5, 5.41) is 0.947. The van der Waals surface area contributed by atoms with E-state index in [1.807, 2.05) is 12.3 Å². The zero-order valence-electron chi connectivity index (χ0n) is 11.3. The summed E-state index contributed by atoms with van der Waals surface area (Å²) in [5.41, 5.74) is 6.60. The third-order valence-corrected chi connectivity index (χ3v) is 3.65. The predicted octanol–water partition coefficient (Wildman–Crippen LogP) is 0.467. The van der Waals surface area contributed by atoms with Gasteiger partial charge in [0, 0.05) is 44.0 Å². The van der Waals surface area contributed by atoms with Gasteiger partial charge in [0.05, 0.1) is 18.8 Å². The lowest BCUT2D eigenvalue weighted by molar-refractivity contribution is 0.0365. The molecule has 3 heterocycles. The van der Waals surface area contributed by atoms with Crippen LogP contribution in [-0.2, 0) is 11.3 Å². The fourth-order valence-corrected chi connectivity index (χ4v) is 2.47. The Bertz CT molecular complexity index is 617. The van der Waals surface area contributed by atoms with Crippen LogP contribution in [0.3, 0.4) is 0 Å². The van der Waals surface area contributed by atoms with Gasteiger partial charge in [-0.05, 0) is 12.1 Å². The lowest BCUT2D eigenvalue weighted by atomic mass is 10.2. The Hall–Kier alpha value is -1.92. The van der Waals surface area contributed by atoms with Gasteiger partial charge in [-0.15, -0.1) is 0 Å². The van der Waals surface area contributed by atoms with Crippen LogP contribution in [-0.4, -0.2) is 53.2 Å². The minimum atomic E-state index is -0.444. The summed E-state index contributed by atoms with van der Waals surface area (Å²) in [6.45, 7) is 5.45. The Labute approximate surface area is 117 Å². The molecule has 0 radical (unpaired) electrons. The standard InChI is InChI=1S/C14H18N4O2/c15-13(19)12-9-11-1-2-18(14(11)16-10-12)4-3-17-5-7-20-8-6-17/h1-2,9-10H,3-8H2,(H2,15,19). The second-order valence-corrected chi connectivity index (χ2v) is 4.96. The minimum absolute atomic E-state index is 0.444. The molecule has 0 aliphatic carbocycles. The van der Waals surface area contributed by atoms with E-state index in [1.54, 1.807) is 6.07 Å². The fraction of sp³-hybridized carbons (Fsp3) is 0.429. The van der Waals surface area contributed by atoms with E-state index < -0.39 is 5.91 Å². The van der Waals surface area contributed by atoms with Crippen molar-refractivity contribution in [2.75, 3.05) is 32.8 Å². The van der Waals surface area contributed by atoms with Crippen LogP contribution in [0.1, 0.15) is 10.4 Å². The van der Waals surface area contributed by atoms with Crippen molar-refractivity contribution in [3.63, 3.8) is 0 Å². The van der Waals surface area contributed by atoms with E-state index in [0.29, 0.717) is 5.56 Å². The first-order valence-electron chi connectivity index (χ1n) is 6.79. The molecule has 1 aliphatic heterocycles. The van der Waals surface area contributed by atoms with Crippen LogP contribution in [0.4, 0.5) is 0 Å². The lowest BCUT2D eigenvalue weighted by Crippen LogP contribution is -2.38. The van der Waals surface area contributed by atoms with Gasteiger partial charge in [-0.25, -0.2) is 4.98 Å². The Morgan fingerprint density at radius 3 is 2.90 bits per heavy atom. The molecule has 0 saturated carbocycles. The number of amides is 1. The number of carbonyl (C=O) groups excluding carboxylic acids is 1. The zero-order chi connectivity index (χ0) is 13.9. The van der Waals surface area contributed by atoms with Crippen LogP contribution in [0.25, 0.3) is 11.0 Å². The van der Waals surface area contributed by atoms with Crippen LogP contribution in [0.5, 0.6) is 0 Å². The van der Waals surface area contributed by atoms with Gasteiger partial charge in [-0.1, -0.05) is 0 Å². The van der Waals surface area contributed by atoms with Crippen molar-refractivity contribution in [3.05, 3.63) is 30.1 Å². The summed E-state index contributed by atoms with van der Waals surface area (Å²) >= 11 is 0. The van der Waals surface area contributed by atoms with E-state index in [2.05, 4.69) is 14.5 Å². The molecule has 0 unspecified atom stereocenters. The summed E-state index contributed by atoms with van der Waals surface area (Å²) in [7, 11) is 0. The first-order valence-corrected chi connectivity index (χ1v) is 6.79. The molecule has 6 nitrogen and oxygen atoms in total. The second kappa shape index (κ2) is 5.60. The summed E-state index contributed by atoms with van der Waals surface area (Å²) in [6, 6.07) is 3.75. The van der Waals surface area contributed by atoms with Crippen LogP contribution < -0.4 is 5.73 Å². The molecule has 2 aromatic rings. The molecule has 1 fully saturated rings. The van der Waals surface area contributed by atoms with Crippen LogP contribution >= 0.6 is 0 Å². The first kappa shape index (κ1) is 13.1. The van der Waals surface area contributed by atoms with Crippen molar-refractivity contribution in [1.82, 2.24) is 14.5 Å². The van der Waals surface area contributed by atoms with E-state index in [4.69, 9.17) is 10.5 Å². The molecular weight excluding hydrogens is 256 g/mol. The van der Waals surface area contributed by atoms with Gasteiger partial charge in [0.1, 0.15) is 5.65 Å². The summed E-state index contributed by atoms with van der Waals surface area (Å²) < 4.78 is 7.44. The second-order valence-electron chi connectivity index (χ2n) is 4.96. The van der Waals surface area contributed by atoms with Crippen LogP contribution in [0.2, 0.25) is 0 Å². The van der Waals surface area contributed by atoms with Crippen molar-refractivity contribution in [3.8, 4) is 0 Å². The highest BCUT2D eigenvalue weighted by molar-refractivity contribution is 5.95. The number of primary amides is 1. The topological polar surface area (TPSA) is 73.4 Å². The van der Waals surface area contributed by atoms with Gasteiger partial charge in [0.2, 0.25) is 5.91 Å². The molecular formula is C14H18N4O2. The molecule has 0 spiro atoms. The molecule has 1 saturated heterocycles. The van der Waals surface area contributed by atoms with Crippen molar-refractivity contribution >= 4 is 16.9 Å². The van der Waals surface area contributed by atoms with Gasteiger partial charge in [0.25, 0.3) is 0 Å². The van der Waals surface area contributed by atoms with Crippen molar-refractivity contribution in [2.24, 2.45) is 5.73 Å². The molecule has 2 N–H and O–H groups in total. The number of nitrogens with zero attached hydrogens (tertiary/aromatic N) is 3. The van der Waals surface area contributed by atoms with Gasteiger partial charge < -0.3 is 15.0 Å². The highest BCUT2D eigenvalue weighted by atomic mass is 16.5. The lowest BCUT2D eigenvalue weighted by Gasteiger charge is -2.26. The smallest absolute Gasteiger partial charge is 0.250 e. The summed E-state index contributed by atoms with van der Waals surface area (Å²) in [5.74, 6) is -0.444. The van der Waals surface area contributed by atoms with Crippen molar-refractivity contribution in [2.45, 2.75) is 6.54 Å². The van der Waals surface area contributed by atoms with Crippen molar-refractivity contribution < 1.29 is 9.53 Å². The largest absolute Gasteiger partial charge is 0.379 e. The minimum Gasteiger partial charge on any atom is -0.379 e. The van der Waals surface area contributed by atoms with Crippen LogP contribution in [0, 0.1) is 0 Å². The summed E-state index contributed by atoms with van der Waals surface area (Å²) in [4.78, 5) is 17.9.